The molecule has 2 bridgehead atoms. The molecule has 13 heteroatoms. The number of benzene rings is 1. The molecule has 9 rings (SSSR count). The number of fused-ring (bicyclic) bond motifs is 5. The maximum absolute atomic E-state index is 14.7. The van der Waals surface area contributed by atoms with Gasteiger partial charge in [0.2, 0.25) is 0 Å². The highest BCUT2D eigenvalue weighted by molar-refractivity contribution is 9.10. The number of amides is 1. The zero-order valence-electron chi connectivity index (χ0n) is 30.4. The van der Waals surface area contributed by atoms with E-state index in [1.807, 2.05) is 6.08 Å². The Bertz CT molecular complexity index is 1640. The van der Waals surface area contributed by atoms with Crippen molar-refractivity contribution in [1.82, 2.24) is 0 Å². The molecule has 1 aromatic carbocycles. The fourth-order valence-corrected chi connectivity index (χ4v) is 10.6. The normalized spacial score (nSPS) is 52.2. The fourth-order valence-electron chi connectivity index (χ4n) is 10.4. The molecule has 7 heterocycles. The summed E-state index contributed by atoms with van der Waals surface area (Å²) < 4.78 is 52.3. The maximum Gasteiger partial charge on any atom is 0.412 e. The van der Waals surface area contributed by atoms with Crippen molar-refractivity contribution in [1.29, 1.82) is 0 Å². The van der Waals surface area contributed by atoms with E-state index < -0.39 is 71.1 Å². The molecule has 2 N–H and O–H groups in total. The van der Waals surface area contributed by atoms with Crippen LogP contribution in [-0.2, 0) is 42.7 Å². The molecule has 1 aliphatic carbocycles. The van der Waals surface area contributed by atoms with Crippen molar-refractivity contribution >= 4 is 33.7 Å². The quantitative estimate of drug-likeness (QED) is 0.225. The molecule has 16 atom stereocenters. The van der Waals surface area contributed by atoms with E-state index in [0.29, 0.717) is 37.3 Å². The van der Waals surface area contributed by atoms with Gasteiger partial charge >= 0.3 is 12.1 Å². The Kier molecular flexibility index (Phi) is 8.35. The number of ether oxygens (including phenoxy) is 8. The number of allylic oxidation sites excluding steroid dienone is 1. The molecule has 7 fully saturated rings. The van der Waals surface area contributed by atoms with Crippen LogP contribution in [0.4, 0.5) is 10.5 Å². The predicted octanol–water partition coefficient (Wildman–Crippen LogP) is 5.58. The molecule has 12 nitrogen and oxygen atoms in total. The Hall–Kier alpha value is -2.10. The summed E-state index contributed by atoms with van der Waals surface area (Å²) in [7, 11) is 0. The van der Waals surface area contributed by atoms with Crippen LogP contribution in [0.3, 0.4) is 0 Å². The Morgan fingerprint density at radius 1 is 1.00 bits per heavy atom. The van der Waals surface area contributed by atoms with Crippen molar-refractivity contribution in [3.8, 4) is 0 Å². The summed E-state index contributed by atoms with van der Waals surface area (Å²) in [5.74, 6) is -2.09. The van der Waals surface area contributed by atoms with Gasteiger partial charge in [0.1, 0.15) is 41.5 Å². The first kappa shape index (κ1) is 35.6. The summed E-state index contributed by atoms with van der Waals surface area (Å²) in [4.78, 5) is 28.0. The lowest BCUT2D eigenvalue weighted by Crippen LogP contribution is -2.69. The number of hydrogen-bond donors (Lipinski definition) is 2. The topological polar surface area (TPSA) is 150 Å². The number of esters is 1. The van der Waals surface area contributed by atoms with Gasteiger partial charge in [0.15, 0.2) is 17.5 Å². The van der Waals surface area contributed by atoms with E-state index >= 15 is 0 Å². The lowest BCUT2D eigenvalue weighted by molar-refractivity contribution is -0.336. The van der Waals surface area contributed by atoms with E-state index in [1.165, 1.54) is 0 Å². The molecule has 0 aromatic heterocycles. The molecule has 2 spiro atoms. The minimum atomic E-state index is -1.92. The van der Waals surface area contributed by atoms with Gasteiger partial charge in [-0.2, -0.15) is 0 Å². The average Bonchev–Trinajstić information content (AvgIpc) is 4.03. The molecule has 0 unspecified atom stereocenters. The number of halogens is 1. The third-order valence-corrected chi connectivity index (χ3v) is 13.9. The number of rotatable bonds is 3. The van der Waals surface area contributed by atoms with Gasteiger partial charge in [-0.15, -0.1) is 0 Å². The highest BCUT2D eigenvalue weighted by Crippen LogP contribution is 2.66. The number of anilines is 1. The first-order valence-corrected chi connectivity index (χ1v) is 19.9. The number of epoxide rings is 3. The monoisotopic (exact) mass is 787 g/mol. The average molecular weight is 789 g/mol. The molecule has 8 aliphatic rings. The van der Waals surface area contributed by atoms with Gasteiger partial charge in [0.05, 0.1) is 30.5 Å². The van der Waals surface area contributed by atoms with Crippen molar-refractivity contribution in [3.05, 3.63) is 40.9 Å². The maximum atomic E-state index is 14.7. The first-order valence-electron chi connectivity index (χ1n) is 19.1. The lowest BCUT2D eigenvalue weighted by Gasteiger charge is -2.50. The molecule has 1 amide bonds. The van der Waals surface area contributed by atoms with E-state index in [1.54, 1.807) is 31.2 Å². The van der Waals surface area contributed by atoms with Gasteiger partial charge in [0, 0.05) is 35.8 Å². The number of hydrogen-bond acceptors (Lipinski definition) is 11. The summed E-state index contributed by atoms with van der Waals surface area (Å²) in [5.41, 5.74) is -4.06. The van der Waals surface area contributed by atoms with Crippen LogP contribution in [0.1, 0.15) is 79.6 Å². The van der Waals surface area contributed by atoms with Crippen molar-refractivity contribution in [3.63, 3.8) is 0 Å². The summed E-state index contributed by atoms with van der Waals surface area (Å²) in [6.45, 7) is 10.4. The van der Waals surface area contributed by atoms with E-state index in [0.717, 1.165) is 23.7 Å². The highest BCUT2D eigenvalue weighted by atomic mass is 79.9. The molecule has 52 heavy (non-hydrogen) atoms. The zero-order chi connectivity index (χ0) is 36.4. The van der Waals surface area contributed by atoms with E-state index in [-0.39, 0.29) is 36.4 Å². The van der Waals surface area contributed by atoms with E-state index in [4.69, 9.17) is 37.9 Å². The molecule has 284 valence electrons. The van der Waals surface area contributed by atoms with Crippen LogP contribution in [-0.4, -0.2) is 101 Å². The van der Waals surface area contributed by atoms with Gasteiger partial charge in [-0.1, -0.05) is 48.9 Å². The molecule has 6 saturated heterocycles. The second-order valence-electron chi connectivity index (χ2n) is 17.1. The molecule has 1 aromatic rings. The Labute approximate surface area is 312 Å². The Balaban J connectivity index is 1.04. The SMILES string of the molecule is CC[C@H]1O[C@]2(CC[C@@H]1C)C[C@@H]1C[C@@H](C[C@@H]3O[C@@]3(C)C[C@@H](C)/C=C/[C@@H]3O[C@]34CO[C@@H]3[C@H](OC(=O)Nc5ccc(Br)cc5)[C@]5(C)O[C@@H]5[C@@H](C(=O)O1)[C@@]34O)O2. The molecule has 1 saturated carbocycles. The summed E-state index contributed by atoms with van der Waals surface area (Å²) in [6, 6.07) is 7.09. The van der Waals surface area contributed by atoms with Gasteiger partial charge in [-0.05, 0) is 69.2 Å². The van der Waals surface area contributed by atoms with E-state index in [9.17, 15) is 14.7 Å². The van der Waals surface area contributed by atoms with Gasteiger partial charge in [-0.3, -0.25) is 10.1 Å². The minimum absolute atomic E-state index is 0.00805. The smallest absolute Gasteiger partial charge is 0.412 e. The second kappa shape index (κ2) is 12.2. The zero-order valence-corrected chi connectivity index (χ0v) is 32.0. The minimum Gasteiger partial charge on any atom is -0.462 e. The van der Waals surface area contributed by atoms with Gasteiger partial charge in [0.25, 0.3) is 0 Å². The van der Waals surface area contributed by atoms with Crippen LogP contribution < -0.4 is 5.32 Å². The van der Waals surface area contributed by atoms with Crippen LogP contribution >= 0.6 is 15.9 Å². The van der Waals surface area contributed by atoms with Crippen LogP contribution in [0.15, 0.2) is 40.9 Å². The summed E-state index contributed by atoms with van der Waals surface area (Å²) >= 11 is 3.41. The van der Waals surface area contributed by atoms with Crippen LogP contribution in [0, 0.1) is 17.8 Å². The van der Waals surface area contributed by atoms with E-state index in [2.05, 4.69) is 55.0 Å². The number of carbonyl (C=O) groups excluding carboxylic acids is 2. The second-order valence-corrected chi connectivity index (χ2v) is 18.0. The molecular formula is C39H50BrNO11. The fraction of sp³-hybridized carbons (Fsp3) is 0.744. The number of aliphatic hydroxyl groups is 1. The predicted molar refractivity (Wildman–Crippen MR) is 188 cm³/mol. The molecule has 0 radical (unpaired) electrons. The highest BCUT2D eigenvalue weighted by Gasteiger charge is 2.88. The van der Waals surface area contributed by atoms with Crippen LogP contribution in [0.25, 0.3) is 0 Å². The standard InChI is InChI=1S/C39H50BrNO11/c1-6-26-21(3)13-14-37(49-26)18-25-15-24(48-37)16-28-35(4,50-28)17-20(2)7-12-27-38(51-27)19-45-32-31(47-34(43)41-23-10-8-22(40)9-11-23)36(5)30(52-36)29(33(42)46-25)39(32,38)44/h7-12,20-21,24-32,44H,6,13-19H2,1-5H3,(H,41,43)/b12-7+/t20-,21-,24-,25-,26+,27-,28-,29-,30+,31-,32+,35-,36+,37+,38+,39+/m0/s1. The summed E-state index contributed by atoms with van der Waals surface area (Å²) in [5, 5.41) is 15.8. The van der Waals surface area contributed by atoms with Crippen molar-refractivity contribution in [2.75, 3.05) is 11.9 Å². The van der Waals surface area contributed by atoms with Gasteiger partial charge in [-0.25, -0.2) is 4.79 Å². The third-order valence-electron chi connectivity index (χ3n) is 13.4. The number of carbonyl (C=O) groups is 2. The third kappa shape index (κ3) is 5.62. The largest absolute Gasteiger partial charge is 0.462 e. The van der Waals surface area contributed by atoms with Crippen LogP contribution in [0.5, 0.6) is 0 Å². The molecular weight excluding hydrogens is 738 g/mol. The Morgan fingerprint density at radius 3 is 2.56 bits per heavy atom. The van der Waals surface area contributed by atoms with Crippen molar-refractivity contribution in [2.45, 2.75) is 157 Å². The molecule has 7 aliphatic heterocycles. The van der Waals surface area contributed by atoms with Gasteiger partial charge < -0.3 is 43.0 Å². The van der Waals surface area contributed by atoms with Crippen LogP contribution in [0.2, 0.25) is 0 Å². The van der Waals surface area contributed by atoms with Crippen molar-refractivity contribution in [2.24, 2.45) is 17.8 Å². The Morgan fingerprint density at radius 2 is 1.79 bits per heavy atom. The van der Waals surface area contributed by atoms with Crippen molar-refractivity contribution < 1.29 is 52.6 Å². The number of nitrogens with one attached hydrogen (secondary N) is 1. The lowest BCUT2D eigenvalue weighted by atomic mass is 9.63. The summed E-state index contributed by atoms with van der Waals surface area (Å²) in [6.07, 6.45) is 3.95. The first-order chi connectivity index (χ1) is 24.7.